The Morgan fingerprint density at radius 2 is 1.81 bits per heavy atom. The number of ether oxygens (including phenoxy) is 2. The fourth-order valence-corrected chi connectivity index (χ4v) is 4.30. The predicted octanol–water partition coefficient (Wildman–Crippen LogP) is 4.15. The third-order valence-corrected chi connectivity index (χ3v) is 6.29. The molecular weight excluding hydrogens is 428 g/mol. The Labute approximate surface area is 191 Å². The van der Waals surface area contributed by atoms with Crippen LogP contribution in [0.5, 0.6) is 5.88 Å². The molecule has 8 nitrogen and oxygen atoms in total. The van der Waals surface area contributed by atoms with Crippen molar-refractivity contribution in [1.82, 2.24) is 14.9 Å². The highest BCUT2D eigenvalue weighted by molar-refractivity contribution is 7.20. The lowest BCUT2D eigenvalue weighted by Crippen LogP contribution is -2.27. The van der Waals surface area contributed by atoms with Crippen LogP contribution < -0.4 is 10.1 Å². The molecule has 0 aliphatic rings. The molecule has 0 spiro atoms. The third-order valence-electron chi connectivity index (χ3n) is 5.09. The van der Waals surface area contributed by atoms with Gasteiger partial charge in [0.05, 0.1) is 22.4 Å². The lowest BCUT2D eigenvalue weighted by molar-refractivity contribution is 0.0466. The van der Waals surface area contributed by atoms with Crippen molar-refractivity contribution >= 4 is 39.1 Å². The number of rotatable bonds is 10. The summed E-state index contributed by atoms with van der Waals surface area (Å²) in [6.07, 6.45) is 1.44. The quantitative estimate of drug-likeness (QED) is 0.458. The van der Waals surface area contributed by atoms with Gasteiger partial charge in [0.1, 0.15) is 17.8 Å². The second-order valence-electron chi connectivity index (χ2n) is 7.04. The van der Waals surface area contributed by atoms with Gasteiger partial charge >= 0.3 is 5.97 Å². The van der Waals surface area contributed by atoms with Crippen LogP contribution in [0.3, 0.4) is 0 Å². The van der Waals surface area contributed by atoms with Crippen molar-refractivity contribution in [2.45, 2.75) is 27.7 Å². The number of anilines is 1. The van der Waals surface area contributed by atoms with Gasteiger partial charge in [-0.2, -0.15) is 0 Å². The van der Waals surface area contributed by atoms with Crippen LogP contribution in [0.15, 0.2) is 30.6 Å². The van der Waals surface area contributed by atoms with Gasteiger partial charge in [-0.3, -0.25) is 4.79 Å². The van der Waals surface area contributed by atoms with Gasteiger partial charge in [0.15, 0.2) is 0 Å². The van der Waals surface area contributed by atoms with Crippen molar-refractivity contribution in [2.75, 3.05) is 38.2 Å². The maximum Gasteiger partial charge on any atom is 0.338 e. The van der Waals surface area contributed by atoms with E-state index in [0.717, 1.165) is 24.0 Å². The molecule has 0 fully saturated rings. The minimum absolute atomic E-state index is 0.248. The van der Waals surface area contributed by atoms with Crippen LogP contribution in [0.2, 0.25) is 0 Å². The van der Waals surface area contributed by atoms with Gasteiger partial charge in [-0.25, -0.2) is 14.8 Å². The summed E-state index contributed by atoms with van der Waals surface area (Å²) >= 11 is 1.29. The number of aryl methyl sites for hydroxylation is 1. The van der Waals surface area contributed by atoms with Crippen molar-refractivity contribution in [1.29, 1.82) is 0 Å². The Kier molecular flexibility index (Phi) is 8.13. The van der Waals surface area contributed by atoms with Gasteiger partial charge in [-0.05, 0) is 56.8 Å². The van der Waals surface area contributed by atoms with E-state index in [1.165, 1.54) is 17.7 Å². The molecule has 0 atom stereocenters. The number of aromatic nitrogens is 2. The van der Waals surface area contributed by atoms with E-state index < -0.39 is 0 Å². The first-order valence-corrected chi connectivity index (χ1v) is 11.5. The molecule has 1 aromatic carbocycles. The fraction of sp³-hybridized carbons (Fsp3) is 0.391. The second kappa shape index (κ2) is 11.0. The molecule has 3 rings (SSSR count). The first kappa shape index (κ1) is 23.6. The number of benzene rings is 1. The van der Waals surface area contributed by atoms with E-state index in [9.17, 15) is 9.59 Å². The number of esters is 1. The molecular formula is C23H28N4O4S. The Morgan fingerprint density at radius 1 is 1.09 bits per heavy atom. The number of nitrogens with one attached hydrogen (secondary N) is 1. The maximum absolute atomic E-state index is 12.9. The number of nitrogens with zero attached hydrogens (tertiary/aromatic N) is 3. The molecule has 2 heterocycles. The smallest absolute Gasteiger partial charge is 0.338 e. The van der Waals surface area contributed by atoms with Crippen molar-refractivity contribution in [3.05, 3.63) is 46.6 Å². The standard InChI is InChI=1S/C23H28N4O4S/c1-5-27(6-2)12-13-31-23(29)16-8-10-17(11-9-16)26-20(28)19-15(4)18-21(30-7-3)24-14-25-22(18)32-19/h8-11,14H,5-7,12-13H2,1-4H3,(H,26,28). The van der Waals surface area contributed by atoms with Crippen molar-refractivity contribution in [3.8, 4) is 5.88 Å². The molecule has 3 aromatic rings. The monoisotopic (exact) mass is 456 g/mol. The molecule has 2 aromatic heterocycles. The number of amides is 1. The number of hydrogen-bond donors (Lipinski definition) is 1. The van der Waals surface area contributed by atoms with Crippen LogP contribution in [0.25, 0.3) is 10.2 Å². The average molecular weight is 457 g/mol. The molecule has 0 aliphatic heterocycles. The number of thiophene rings is 1. The van der Waals surface area contributed by atoms with Gasteiger partial charge in [0, 0.05) is 12.2 Å². The first-order chi connectivity index (χ1) is 15.5. The van der Waals surface area contributed by atoms with Crippen LogP contribution >= 0.6 is 11.3 Å². The Morgan fingerprint density at radius 3 is 2.47 bits per heavy atom. The largest absolute Gasteiger partial charge is 0.477 e. The van der Waals surface area contributed by atoms with Crippen LogP contribution in [-0.2, 0) is 4.74 Å². The van der Waals surface area contributed by atoms with Crippen molar-refractivity contribution in [2.24, 2.45) is 0 Å². The zero-order chi connectivity index (χ0) is 23.1. The summed E-state index contributed by atoms with van der Waals surface area (Å²) in [6, 6.07) is 6.66. The molecule has 32 heavy (non-hydrogen) atoms. The van der Waals surface area contributed by atoms with E-state index in [4.69, 9.17) is 9.47 Å². The van der Waals surface area contributed by atoms with Gasteiger partial charge in [0.2, 0.25) is 5.88 Å². The van der Waals surface area contributed by atoms with Crippen molar-refractivity contribution < 1.29 is 19.1 Å². The molecule has 0 unspecified atom stereocenters. The van der Waals surface area contributed by atoms with E-state index in [1.807, 2.05) is 13.8 Å². The Hall–Kier alpha value is -3.04. The summed E-state index contributed by atoms with van der Waals surface area (Å²) in [6.45, 7) is 11.3. The number of likely N-dealkylation sites (N-methyl/N-ethyl adjacent to an activating group) is 1. The number of fused-ring (bicyclic) bond motifs is 1. The fourth-order valence-electron chi connectivity index (χ4n) is 3.27. The van der Waals surface area contributed by atoms with E-state index in [-0.39, 0.29) is 11.9 Å². The van der Waals surface area contributed by atoms with Gasteiger partial charge in [-0.15, -0.1) is 11.3 Å². The molecule has 0 saturated heterocycles. The molecule has 0 saturated carbocycles. The van der Waals surface area contributed by atoms with Crippen LogP contribution in [0.1, 0.15) is 46.4 Å². The summed E-state index contributed by atoms with van der Waals surface area (Å²) in [7, 11) is 0. The molecule has 1 amide bonds. The molecule has 9 heteroatoms. The van der Waals surface area contributed by atoms with Crippen LogP contribution in [-0.4, -0.2) is 59.6 Å². The first-order valence-electron chi connectivity index (χ1n) is 10.7. The Bertz CT molecular complexity index is 1080. The van der Waals surface area contributed by atoms with Gasteiger partial charge < -0.3 is 19.7 Å². The molecule has 170 valence electrons. The topological polar surface area (TPSA) is 93.7 Å². The van der Waals surface area contributed by atoms with E-state index >= 15 is 0 Å². The average Bonchev–Trinajstić information content (AvgIpc) is 3.15. The highest BCUT2D eigenvalue weighted by Crippen LogP contribution is 2.34. The maximum atomic E-state index is 12.9. The zero-order valence-corrected chi connectivity index (χ0v) is 19.6. The highest BCUT2D eigenvalue weighted by Gasteiger charge is 2.20. The van der Waals surface area contributed by atoms with E-state index in [2.05, 4.69) is 34.0 Å². The van der Waals surface area contributed by atoms with Crippen LogP contribution in [0, 0.1) is 6.92 Å². The minimum Gasteiger partial charge on any atom is -0.477 e. The van der Waals surface area contributed by atoms with E-state index in [0.29, 0.717) is 46.6 Å². The Balaban J connectivity index is 1.65. The summed E-state index contributed by atoms with van der Waals surface area (Å²) in [4.78, 5) is 37.0. The number of hydrogen-bond acceptors (Lipinski definition) is 8. The summed E-state index contributed by atoms with van der Waals surface area (Å²) in [5.41, 5.74) is 1.81. The summed E-state index contributed by atoms with van der Waals surface area (Å²) in [5, 5.41) is 3.63. The molecule has 0 aliphatic carbocycles. The highest BCUT2D eigenvalue weighted by atomic mass is 32.1. The predicted molar refractivity (Wildman–Crippen MR) is 126 cm³/mol. The SMILES string of the molecule is CCOc1ncnc2sc(C(=O)Nc3ccc(C(=O)OCCN(CC)CC)cc3)c(C)c12. The lowest BCUT2D eigenvalue weighted by atomic mass is 10.2. The van der Waals surface area contributed by atoms with Gasteiger partial charge in [-0.1, -0.05) is 13.8 Å². The van der Waals surface area contributed by atoms with Crippen LogP contribution in [0.4, 0.5) is 5.69 Å². The third kappa shape index (κ3) is 5.41. The summed E-state index contributed by atoms with van der Waals surface area (Å²) < 4.78 is 10.9. The molecule has 0 bridgehead atoms. The molecule has 1 N–H and O–H groups in total. The van der Waals surface area contributed by atoms with E-state index in [1.54, 1.807) is 24.3 Å². The zero-order valence-electron chi connectivity index (χ0n) is 18.8. The normalized spacial score (nSPS) is 11.0. The number of carbonyl (C=O) groups is 2. The van der Waals surface area contributed by atoms with Crippen molar-refractivity contribution in [3.63, 3.8) is 0 Å². The van der Waals surface area contributed by atoms with Gasteiger partial charge in [0.25, 0.3) is 5.91 Å². The summed E-state index contributed by atoms with van der Waals surface area (Å²) in [5.74, 6) is -0.144. The lowest BCUT2D eigenvalue weighted by Gasteiger charge is -2.17. The minimum atomic E-state index is -0.377. The molecule has 0 radical (unpaired) electrons. The second-order valence-corrected chi connectivity index (χ2v) is 8.04. The number of carbonyl (C=O) groups excluding carboxylic acids is 2.